The summed E-state index contributed by atoms with van der Waals surface area (Å²) in [6.07, 6.45) is 0. The van der Waals surface area contributed by atoms with E-state index in [4.69, 9.17) is 16.3 Å². The molecule has 0 aromatic rings. The second-order valence-electron chi connectivity index (χ2n) is 0.886. The van der Waals surface area contributed by atoms with E-state index < -0.39 is 3.79 Å². The van der Waals surface area contributed by atoms with Crippen molar-refractivity contribution < 1.29 is 4.52 Å². The Hall–Kier alpha value is 1.47. The van der Waals surface area contributed by atoms with Crippen LogP contribution in [0.25, 0.3) is 0 Å². The third kappa shape index (κ3) is 4.01. The first-order valence-corrected chi connectivity index (χ1v) is 7.18. The van der Waals surface area contributed by atoms with Gasteiger partial charge >= 0.3 is 63.2 Å². The molecule has 6 heteroatoms. The molecular weight excluding hydrogens is 240 g/mol. The van der Waals surface area contributed by atoms with Gasteiger partial charge in [0.25, 0.3) is 0 Å². The van der Waals surface area contributed by atoms with Crippen LogP contribution in [0.2, 0.25) is 0 Å². The molecule has 0 saturated carbocycles. The van der Waals surface area contributed by atoms with Crippen LogP contribution in [0.3, 0.4) is 0 Å². The van der Waals surface area contributed by atoms with Crippen LogP contribution >= 0.6 is 25.8 Å². The summed E-state index contributed by atoms with van der Waals surface area (Å²) < 4.78 is 3.29. The molecule has 0 aromatic carbocycles. The molecule has 0 aliphatic carbocycles. The Bertz CT molecular complexity index is 116. The molecule has 0 bridgehead atoms. The van der Waals surface area contributed by atoms with Crippen molar-refractivity contribution in [3.63, 3.8) is 0 Å². The molecule has 0 amide bonds. The molecule has 0 aromatic heterocycles. The van der Waals surface area contributed by atoms with Crippen molar-refractivity contribution in [1.29, 1.82) is 0 Å². The van der Waals surface area contributed by atoms with E-state index in [1.54, 1.807) is 13.6 Å². The Labute approximate surface area is 63.0 Å². The van der Waals surface area contributed by atoms with Gasteiger partial charge in [0.1, 0.15) is 0 Å². The number of halogens is 1. The molecule has 1 atom stereocenters. The second-order valence-corrected chi connectivity index (χ2v) is 10.6. The van der Waals surface area contributed by atoms with E-state index in [0.717, 1.165) is 0 Å². The summed E-state index contributed by atoms with van der Waals surface area (Å²) in [5.74, 6) is 0. The van der Waals surface area contributed by atoms with Gasteiger partial charge in [0.15, 0.2) is 0 Å². The maximum absolute atomic E-state index is 4.90. The number of hydrogen-bond acceptors (Lipinski definition) is 2. The van der Waals surface area contributed by atoms with E-state index in [2.05, 4.69) is 29.4 Å². The molecule has 0 saturated heterocycles. The zero-order valence-corrected chi connectivity index (χ0v) is 7.79. The Morgan fingerprint density at radius 1 is 2.00 bits per heavy atom. The van der Waals surface area contributed by atoms with Gasteiger partial charge in [-0.25, -0.2) is 0 Å². The van der Waals surface area contributed by atoms with Gasteiger partial charge in [-0.15, -0.1) is 0 Å². The Morgan fingerprint density at radius 2 is 2.43 bits per heavy atom. The number of hydrogen-bond donors (Lipinski definition) is 0. The second kappa shape index (κ2) is 3.49. The van der Waals surface area contributed by atoms with E-state index in [1.165, 1.54) is 0 Å². The minimum absolute atomic E-state index is 1.59. The van der Waals surface area contributed by atoms with Crippen molar-refractivity contribution in [1.82, 2.24) is 0 Å². The molecule has 1 unspecified atom stereocenters. The van der Waals surface area contributed by atoms with Crippen molar-refractivity contribution in [2.45, 2.75) is 0 Å². The predicted molar refractivity (Wildman–Crippen MR) is 48.2 cm³/mol. The van der Waals surface area contributed by atoms with Gasteiger partial charge in [-0.3, -0.25) is 0 Å². The van der Waals surface area contributed by atoms with Gasteiger partial charge in [0.05, 0.1) is 0 Å². The van der Waals surface area contributed by atoms with Gasteiger partial charge in [-0.2, -0.15) is 0 Å². The fraction of sp³-hybridized carbons (Fsp3) is 1.00. The average Bonchev–Trinajstić information content (AvgIpc) is 1.68. The zero-order valence-electron chi connectivity index (χ0n) is 3.93. The molecule has 0 rings (SSSR count). The first kappa shape index (κ1) is 8.47. The van der Waals surface area contributed by atoms with Crippen LogP contribution in [-0.4, -0.2) is 21.0 Å². The van der Waals surface area contributed by atoms with Crippen molar-refractivity contribution in [3.8, 4) is 0 Å². The SMILES string of the molecule is B=BP(=S)(I)OC. The minimum atomic E-state index is -1.59. The van der Waals surface area contributed by atoms with Gasteiger partial charge < -0.3 is 0 Å². The molecule has 0 radical (unpaired) electrons. The fourth-order valence-corrected chi connectivity index (χ4v) is 0.224. The Balaban J connectivity index is 3.85. The van der Waals surface area contributed by atoms with E-state index in [-0.39, 0.29) is 0 Å². The topological polar surface area (TPSA) is 9.23 Å². The van der Waals surface area contributed by atoms with Crippen LogP contribution < -0.4 is 0 Å². The van der Waals surface area contributed by atoms with Crippen LogP contribution in [0.15, 0.2) is 0 Å². The average molecular weight is 244 g/mol. The van der Waals surface area contributed by atoms with Gasteiger partial charge in [0, 0.05) is 0 Å². The van der Waals surface area contributed by atoms with Crippen molar-refractivity contribution in [2.75, 3.05) is 7.11 Å². The Morgan fingerprint density at radius 3 is 2.43 bits per heavy atom. The van der Waals surface area contributed by atoms with E-state index >= 15 is 0 Å². The van der Waals surface area contributed by atoms with E-state index in [0.29, 0.717) is 0 Å². The summed E-state index contributed by atoms with van der Waals surface area (Å²) in [4.78, 5) is 0. The van der Waals surface area contributed by atoms with Crippen LogP contribution in [0.1, 0.15) is 0 Å². The summed E-state index contributed by atoms with van der Waals surface area (Å²) in [5, 5.41) is 0. The summed E-state index contributed by atoms with van der Waals surface area (Å²) in [6.45, 7) is 1.68. The standard InChI is InChI=1S/CH4B2IOPS/c1-5-6(4,7)3-2/h2H,1H3. The first-order chi connectivity index (χ1) is 3.12. The third-order valence-corrected chi connectivity index (χ3v) is 4.66. The molecule has 0 heterocycles. The molecule has 0 N–H and O–H groups in total. The van der Waals surface area contributed by atoms with Gasteiger partial charge in [-0.1, -0.05) is 0 Å². The van der Waals surface area contributed by atoms with Gasteiger partial charge in [0.2, 0.25) is 0 Å². The molecule has 0 fully saturated rings. The summed E-state index contributed by atoms with van der Waals surface area (Å²) in [7, 11) is 5.12. The molecule has 0 spiro atoms. The molecular formula is CH4B2IOPS. The van der Waals surface area contributed by atoms with Crippen LogP contribution in [0, 0.1) is 0 Å². The van der Waals surface area contributed by atoms with Crippen LogP contribution in [0.5, 0.6) is 0 Å². The zero-order chi connectivity index (χ0) is 5.91. The normalized spacial score (nSPS) is 17.3. The van der Waals surface area contributed by atoms with Crippen molar-refractivity contribution in [2.24, 2.45) is 0 Å². The third-order valence-electron chi connectivity index (χ3n) is 0.467. The summed E-state index contributed by atoms with van der Waals surface area (Å²) in [6, 6.07) is 0. The maximum atomic E-state index is 4.90. The predicted octanol–water partition coefficient (Wildman–Crippen LogP) is 0.812. The van der Waals surface area contributed by atoms with Crippen molar-refractivity contribution >= 4 is 51.5 Å². The quantitative estimate of drug-likeness (QED) is 0.403. The van der Waals surface area contributed by atoms with Crippen LogP contribution in [-0.2, 0) is 16.3 Å². The first-order valence-electron chi connectivity index (χ1n) is 1.61. The molecule has 38 valence electrons. The molecule has 0 aliphatic heterocycles. The molecule has 7 heavy (non-hydrogen) atoms. The molecule has 0 aliphatic rings. The van der Waals surface area contributed by atoms with Crippen LogP contribution in [0.4, 0.5) is 0 Å². The summed E-state index contributed by atoms with van der Waals surface area (Å²) >= 11 is 6.99. The fourth-order valence-electron chi connectivity index (χ4n) is 0.0745. The van der Waals surface area contributed by atoms with Gasteiger partial charge in [-0.05, 0) is 0 Å². The summed E-state index contributed by atoms with van der Waals surface area (Å²) in [5.41, 5.74) is 0. The van der Waals surface area contributed by atoms with E-state index in [1.807, 2.05) is 0 Å². The van der Waals surface area contributed by atoms with E-state index in [9.17, 15) is 0 Å². The van der Waals surface area contributed by atoms with Crippen molar-refractivity contribution in [3.05, 3.63) is 0 Å². The molecule has 1 nitrogen and oxygen atoms in total. The number of rotatable bonds is 2. The monoisotopic (exact) mass is 244 g/mol. The Kier molecular flexibility index (Phi) is 4.22.